The van der Waals surface area contributed by atoms with Crippen molar-refractivity contribution >= 4 is 27.5 Å². The Kier molecular flexibility index (Phi) is 4.65. The van der Waals surface area contributed by atoms with Gasteiger partial charge in [0, 0.05) is 0 Å². The molecule has 6 nitrogen and oxygen atoms in total. The van der Waals surface area contributed by atoms with Crippen LogP contribution in [-0.4, -0.2) is 25.4 Å². The molecule has 9 heteroatoms. The van der Waals surface area contributed by atoms with Crippen molar-refractivity contribution < 1.29 is 27.1 Å². The lowest BCUT2D eigenvalue weighted by molar-refractivity contribution is 0.209. The SMILES string of the molecule is CCCS(=O)(=O)Nc1ccc(F)c(NC(=O)O)c1F. The van der Waals surface area contributed by atoms with Crippen molar-refractivity contribution in [3.63, 3.8) is 0 Å². The fourth-order valence-electron chi connectivity index (χ4n) is 1.34. The molecular weight excluding hydrogens is 282 g/mol. The van der Waals surface area contributed by atoms with Gasteiger partial charge in [-0.2, -0.15) is 0 Å². The number of hydrogen-bond donors (Lipinski definition) is 3. The van der Waals surface area contributed by atoms with E-state index in [1.54, 1.807) is 6.92 Å². The number of carboxylic acid groups (broad SMARTS) is 1. The van der Waals surface area contributed by atoms with E-state index in [4.69, 9.17) is 5.11 Å². The van der Waals surface area contributed by atoms with Gasteiger partial charge in [-0.3, -0.25) is 10.0 Å². The topological polar surface area (TPSA) is 95.5 Å². The summed E-state index contributed by atoms with van der Waals surface area (Å²) in [5, 5.41) is 9.97. The Balaban J connectivity index is 3.14. The van der Waals surface area contributed by atoms with Gasteiger partial charge in [0.1, 0.15) is 11.5 Å². The molecule has 0 radical (unpaired) electrons. The van der Waals surface area contributed by atoms with Crippen LogP contribution in [0, 0.1) is 11.6 Å². The van der Waals surface area contributed by atoms with Gasteiger partial charge in [-0.05, 0) is 18.6 Å². The number of rotatable bonds is 5. The monoisotopic (exact) mass is 294 g/mol. The number of sulfonamides is 1. The molecule has 19 heavy (non-hydrogen) atoms. The minimum atomic E-state index is -3.75. The number of halogens is 2. The highest BCUT2D eigenvalue weighted by Gasteiger charge is 2.19. The van der Waals surface area contributed by atoms with Gasteiger partial charge in [0.2, 0.25) is 10.0 Å². The van der Waals surface area contributed by atoms with E-state index in [0.717, 1.165) is 12.1 Å². The van der Waals surface area contributed by atoms with Crippen molar-refractivity contribution in [1.82, 2.24) is 0 Å². The van der Waals surface area contributed by atoms with Crippen LogP contribution in [0.2, 0.25) is 0 Å². The quantitative estimate of drug-likeness (QED) is 0.775. The van der Waals surface area contributed by atoms with Crippen LogP contribution in [0.25, 0.3) is 0 Å². The number of amides is 1. The third-order valence-corrected chi connectivity index (χ3v) is 3.54. The van der Waals surface area contributed by atoms with Crippen LogP contribution in [0.15, 0.2) is 12.1 Å². The van der Waals surface area contributed by atoms with Crippen LogP contribution in [0.5, 0.6) is 0 Å². The van der Waals surface area contributed by atoms with Gasteiger partial charge in [-0.1, -0.05) is 6.92 Å². The highest BCUT2D eigenvalue weighted by molar-refractivity contribution is 7.92. The summed E-state index contributed by atoms with van der Waals surface area (Å²) in [5.41, 5.74) is -1.44. The maximum atomic E-state index is 13.8. The molecule has 1 aromatic rings. The van der Waals surface area contributed by atoms with Crippen LogP contribution < -0.4 is 10.0 Å². The molecule has 0 aromatic heterocycles. The van der Waals surface area contributed by atoms with Crippen molar-refractivity contribution in [2.75, 3.05) is 15.8 Å². The highest BCUT2D eigenvalue weighted by Crippen LogP contribution is 2.26. The summed E-state index contributed by atoms with van der Waals surface area (Å²) in [6.07, 6.45) is -1.34. The van der Waals surface area contributed by atoms with Crippen LogP contribution in [0.3, 0.4) is 0 Å². The number of carbonyl (C=O) groups is 1. The van der Waals surface area contributed by atoms with Crippen molar-refractivity contribution in [2.24, 2.45) is 0 Å². The molecule has 0 heterocycles. The minimum Gasteiger partial charge on any atom is -0.465 e. The molecule has 106 valence electrons. The van der Waals surface area contributed by atoms with E-state index in [1.807, 2.05) is 4.72 Å². The molecule has 0 aliphatic rings. The summed E-state index contributed by atoms with van der Waals surface area (Å²) >= 11 is 0. The predicted octanol–water partition coefficient (Wildman–Crippen LogP) is 2.21. The standard InChI is InChI=1S/C10H12F2N2O4S/c1-2-5-19(17,18)14-7-4-3-6(11)9(8(7)12)13-10(15)16/h3-4,13-14H,2,5H2,1H3,(H,15,16). The first-order valence-corrected chi connectivity index (χ1v) is 6.90. The zero-order valence-electron chi connectivity index (χ0n) is 9.91. The Morgan fingerprint density at radius 1 is 1.37 bits per heavy atom. The van der Waals surface area contributed by atoms with Gasteiger partial charge in [0.05, 0.1) is 11.4 Å². The molecule has 0 atom stereocenters. The van der Waals surface area contributed by atoms with E-state index in [0.29, 0.717) is 6.42 Å². The van der Waals surface area contributed by atoms with Crippen LogP contribution >= 0.6 is 0 Å². The molecule has 1 rings (SSSR count). The molecule has 0 saturated heterocycles. The first-order valence-electron chi connectivity index (χ1n) is 5.25. The largest absolute Gasteiger partial charge is 0.465 e. The first-order chi connectivity index (χ1) is 8.76. The number of nitrogens with one attached hydrogen (secondary N) is 2. The Morgan fingerprint density at radius 2 is 2.00 bits per heavy atom. The van der Waals surface area contributed by atoms with Crippen LogP contribution in [-0.2, 0) is 10.0 Å². The average Bonchev–Trinajstić information content (AvgIpc) is 2.28. The fourth-order valence-corrected chi connectivity index (χ4v) is 2.47. The maximum Gasteiger partial charge on any atom is 0.409 e. The van der Waals surface area contributed by atoms with Gasteiger partial charge >= 0.3 is 6.09 Å². The second kappa shape index (κ2) is 5.83. The summed E-state index contributed by atoms with van der Waals surface area (Å²) in [6.45, 7) is 1.62. The molecule has 0 aliphatic heterocycles. The van der Waals surface area contributed by atoms with E-state index < -0.39 is 39.1 Å². The molecule has 3 N–H and O–H groups in total. The number of anilines is 2. The van der Waals surface area contributed by atoms with E-state index in [2.05, 4.69) is 0 Å². The van der Waals surface area contributed by atoms with Gasteiger partial charge in [-0.25, -0.2) is 22.0 Å². The normalized spacial score (nSPS) is 11.1. The second-order valence-corrected chi connectivity index (χ2v) is 5.48. The minimum absolute atomic E-state index is 0.231. The molecule has 0 fully saturated rings. The highest BCUT2D eigenvalue weighted by atomic mass is 32.2. The van der Waals surface area contributed by atoms with E-state index in [1.165, 1.54) is 5.32 Å². The maximum absolute atomic E-state index is 13.8. The third kappa shape index (κ3) is 4.05. The molecule has 0 spiro atoms. The van der Waals surface area contributed by atoms with Crippen molar-refractivity contribution in [2.45, 2.75) is 13.3 Å². The van der Waals surface area contributed by atoms with Crippen molar-refractivity contribution in [3.8, 4) is 0 Å². The zero-order valence-corrected chi connectivity index (χ0v) is 10.7. The fraction of sp³-hybridized carbons (Fsp3) is 0.300. The average molecular weight is 294 g/mol. The van der Waals surface area contributed by atoms with Gasteiger partial charge < -0.3 is 5.11 Å². The molecular formula is C10H12F2N2O4S. The van der Waals surface area contributed by atoms with E-state index >= 15 is 0 Å². The first kappa shape index (κ1) is 15.2. The Labute approximate surface area is 108 Å². The van der Waals surface area contributed by atoms with Gasteiger partial charge in [0.15, 0.2) is 5.82 Å². The molecule has 1 aromatic carbocycles. The second-order valence-electron chi connectivity index (χ2n) is 3.64. The number of benzene rings is 1. The summed E-state index contributed by atoms with van der Waals surface area (Å²) in [7, 11) is -3.75. The molecule has 0 saturated carbocycles. The lowest BCUT2D eigenvalue weighted by atomic mass is 10.2. The zero-order chi connectivity index (χ0) is 14.6. The molecule has 0 aliphatic carbocycles. The van der Waals surface area contributed by atoms with Crippen molar-refractivity contribution in [1.29, 1.82) is 0 Å². The summed E-state index contributed by atoms with van der Waals surface area (Å²) in [5.74, 6) is -2.69. The summed E-state index contributed by atoms with van der Waals surface area (Å²) < 4.78 is 51.9. The predicted molar refractivity (Wildman–Crippen MR) is 65.7 cm³/mol. The lowest BCUT2D eigenvalue weighted by Crippen LogP contribution is -2.18. The van der Waals surface area contributed by atoms with Crippen LogP contribution in [0.1, 0.15) is 13.3 Å². The smallest absolute Gasteiger partial charge is 0.409 e. The molecule has 0 bridgehead atoms. The third-order valence-electron chi connectivity index (χ3n) is 2.06. The molecule has 1 amide bonds. The Hall–Kier alpha value is -1.90. The van der Waals surface area contributed by atoms with Gasteiger partial charge in [-0.15, -0.1) is 0 Å². The van der Waals surface area contributed by atoms with Crippen molar-refractivity contribution in [3.05, 3.63) is 23.8 Å². The molecule has 0 unspecified atom stereocenters. The Morgan fingerprint density at radius 3 is 2.53 bits per heavy atom. The lowest BCUT2D eigenvalue weighted by Gasteiger charge is -2.11. The summed E-state index contributed by atoms with van der Waals surface area (Å²) in [6, 6.07) is 1.64. The van der Waals surface area contributed by atoms with Gasteiger partial charge in [0.25, 0.3) is 0 Å². The van der Waals surface area contributed by atoms with E-state index in [9.17, 15) is 22.0 Å². The Bertz CT molecular complexity index is 589. The summed E-state index contributed by atoms with van der Waals surface area (Å²) in [4.78, 5) is 10.4. The van der Waals surface area contributed by atoms with Crippen LogP contribution in [0.4, 0.5) is 25.0 Å². The number of hydrogen-bond acceptors (Lipinski definition) is 3. The van der Waals surface area contributed by atoms with E-state index in [-0.39, 0.29) is 5.75 Å².